The zero-order valence-corrected chi connectivity index (χ0v) is 21.0. The lowest BCUT2D eigenvalue weighted by atomic mass is 10.1. The predicted molar refractivity (Wildman–Crippen MR) is 131 cm³/mol. The summed E-state index contributed by atoms with van der Waals surface area (Å²) in [6.07, 6.45) is 0.699. The van der Waals surface area contributed by atoms with Crippen LogP contribution in [0.1, 0.15) is 46.1 Å². The summed E-state index contributed by atoms with van der Waals surface area (Å²) in [7, 11) is 0. The van der Waals surface area contributed by atoms with Gasteiger partial charge < -0.3 is 15.0 Å². The molecule has 0 bridgehead atoms. The number of rotatable bonds is 9. The fourth-order valence-electron chi connectivity index (χ4n) is 3.00. The van der Waals surface area contributed by atoms with Crippen molar-refractivity contribution >= 4 is 46.6 Å². The lowest BCUT2D eigenvalue weighted by molar-refractivity contribution is -0.141. The highest BCUT2D eigenvalue weighted by Crippen LogP contribution is 2.27. The van der Waals surface area contributed by atoms with Crippen LogP contribution in [-0.4, -0.2) is 34.9 Å². The maximum absolute atomic E-state index is 13.1. The van der Waals surface area contributed by atoms with Gasteiger partial charge in [-0.15, -0.1) is 0 Å². The van der Waals surface area contributed by atoms with E-state index < -0.39 is 11.6 Å². The van der Waals surface area contributed by atoms with Gasteiger partial charge in [0.1, 0.15) is 11.8 Å². The van der Waals surface area contributed by atoms with Crippen molar-refractivity contribution in [1.29, 1.82) is 0 Å². The highest BCUT2D eigenvalue weighted by atomic mass is 35.5. The van der Waals surface area contributed by atoms with Crippen LogP contribution in [0.3, 0.4) is 0 Å². The molecule has 2 aromatic carbocycles. The fourth-order valence-corrected chi connectivity index (χ4v) is 3.64. The van der Waals surface area contributed by atoms with E-state index in [4.69, 9.17) is 39.5 Å². The number of hydrogen-bond acceptors (Lipinski definition) is 3. The van der Waals surface area contributed by atoms with Crippen LogP contribution in [0.25, 0.3) is 0 Å². The molecule has 0 unspecified atom stereocenters. The topological polar surface area (TPSA) is 58.6 Å². The maximum atomic E-state index is 13.1. The first-order valence-electron chi connectivity index (χ1n) is 10.4. The molecule has 8 heteroatoms. The van der Waals surface area contributed by atoms with Gasteiger partial charge >= 0.3 is 0 Å². The summed E-state index contributed by atoms with van der Waals surface area (Å²) < 4.78 is 5.67. The van der Waals surface area contributed by atoms with Crippen molar-refractivity contribution in [3.8, 4) is 5.75 Å². The van der Waals surface area contributed by atoms with Gasteiger partial charge in [-0.3, -0.25) is 9.59 Å². The lowest BCUT2D eigenvalue weighted by Crippen LogP contribution is -2.52. The average molecular weight is 500 g/mol. The molecule has 0 aliphatic carbocycles. The number of benzene rings is 2. The van der Waals surface area contributed by atoms with Crippen LogP contribution < -0.4 is 10.1 Å². The minimum atomic E-state index is -0.703. The molecule has 32 heavy (non-hydrogen) atoms. The van der Waals surface area contributed by atoms with E-state index in [2.05, 4.69) is 5.32 Å². The molecule has 0 aliphatic heterocycles. The van der Waals surface area contributed by atoms with E-state index >= 15 is 0 Å². The monoisotopic (exact) mass is 498 g/mol. The molecule has 0 radical (unpaired) electrons. The fraction of sp³-hybridized carbons (Fsp3) is 0.417. The van der Waals surface area contributed by atoms with Gasteiger partial charge in [-0.2, -0.15) is 0 Å². The molecular formula is C24H29Cl3N2O3. The number of amides is 2. The van der Waals surface area contributed by atoms with Gasteiger partial charge in [-0.25, -0.2) is 0 Å². The molecule has 174 valence electrons. The number of carbonyl (C=O) groups is 2. The summed E-state index contributed by atoms with van der Waals surface area (Å²) >= 11 is 18.5. The Bertz CT molecular complexity index is 907. The molecule has 0 saturated carbocycles. The smallest absolute Gasteiger partial charge is 0.242 e. The number of carbonyl (C=O) groups excluding carboxylic acids is 2. The Morgan fingerprint density at radius 1 is 1.03 bits per heavy atom. The second kappa shape index (κ2) is 11.8. The molecule has 1 N–H and O–H groups in total. The van der Waals surface area contributed by atoms with Gasteiger partial charge in [-0.05, 0) is 70.5 Å². The number of hydrogen-bond donors (Lipinski definition) is 1. The minimum absolute atomic E-state index is 0.133. The molecule has 0 aliphatic rings. The molecule has 0 heterocycles. The van der Waals surface area contributed by atoms with Gasteiger partial charge in [0.15, 0.2) is 0 Å². The highest BCUT2D eigenvalue weighted by Gasteiger charge is 2.29. The van der Waals surface area contributed by atoms with E-state index in [0.29, 0.717) is 39.4 Å². The first kappa shape index (κ1) is 26.3. The predicted octanol–water partition coefficient (Wildman–Crippen LogP) is 6.14. The van der Waals surface area contributed by atoms with Gasteiger partial charge in [0.25, 0.3) is 0 Å². The van der Waals surface area contributed by atoms with Gasteiger partial charge in [0.05, 0.1) is 6.61 Å². The molecule has 2 rings (SSSR count). The van der Waals surface area contributed by atoms with Crippen LogP contribution in [-0.2, 0) is 16.1 Å². The summed E-state index contributed by atoms with van der Waals surface area (Å²) in [5.41, 5.74) is 0.186. The van der Waals surface area contributed by atoms with Crippen molar-refractivity contribution in [3.63, 3.8) is 0 Å². The van der Waals surface area contributed by atoms with Crippen LogP contribution in [0.4, 0.5) is 0 Å². The number of ether oxygens (including phenoxy) is 1. The van der Waals surface area contributed by atoms with E-state index in [1.165, 1.54) is 4.90 Å². The molecule has 0 aromatic heterocycles. The number of halogens is 3. The van der Waals surface area contributed by atoms with Crippen molar-refractivity contribution in [3.05, 3.63) is 63.1 Å². The maximum Gasteiger partial charge on any atom is 0.242 e. The van der Waals surface area contributed by atoms with Crippen molar-refractivity contribution in [1.82, 2.24) is 10.2 Å². The Labute approximate surface area is 205 Å². The third-order valence-electron chi connectivity index (χ3n) is 4.67. The second-order valence-corrected chi connectivity index (χ2v) is 9.79. The summed E-state index contributed by atoms with van der Waals surface area (Å²) in [5.74, 6) is 0.253. The van der Waals surface area contributed by atoms with Gasteiger partial charge in [-0.1, -0.05) is 40.9 Å². The number of nitrogens with zero attached hydrogens (tertiary/aromatic N) is 1. The Balaban J connectivity index is 2.09. The Morgan fingerprint density at radius 3 is 2.19 bits per heavy atom. The summed E-state index contributed by atoms with van der Waals surface area (Å²) in [4.78, 5) is 27.4. The molecule has 0 spiro atoms. The second-order valence-electron chi connectivity index (χ2n) is 8.54. The van der Waals surface area contributed by atoms with Crippen LogP contribution in [0.15, 0.2) is 42.5 Å². The molecule has 0 fully saturated rings. The lowest BCUT2D eigenvalue weighted by Gasteiger charge is -2.32. The van der Waals surface area contributed by atoms with Crippen LogP contribution in [0, 0.1) is 0 Å². The van der Waals surface area contributed by atoms with Crippen LogP contribution in [0.2, 0.25) is 15.1 Å². The van der Waals surface area contributed by atoms with Crippen molar-refractivity contribution in [2.45, 2.75) is 58.7 Å². The van der Waals surface area contributed by atoms with E-state index in [-0.39, 0.29) is 24.8 Å². The normalized spacial score (nSPS) is 12.2. The molecule has 1 atom stereocenters. The van der Waals surface area contributed by atoms with Gasteiger partial charge in [0.2, 0.25) is 11.8 Å². The van der Waals surface area contributed by atoms with Gasteiger partial charge in [0, 0.05) is 39.1 Å². The first-order valence-corrected chi connectivity index (χ1v) is 11.5. The molecule has 5 nitrogen and oxygen atoms in total. The third kappa shape index (κ3) is 8.19. The molecule has 2 amide bonds. The SMILES string of the molecule is C[C@@H](C(=O)NC(C)(C)C)N(Cc1c(Cl)cccc1Cl)C(=O)CCCOc1ccc(Cl)cc1. The zero-order valence-electron chi connectivity index (χ0n) is 18.8. The largest absolute Gasteiger partial charge is 0.494 e. The quantitative estimate of drug-likeness (QED) is 0.422. The highest BCUT2D eigenvalue weighted by molar-refractivity contribution is 6.36. The van der Waals surface area contributed by atoms with Crippen molar-refractivity contribution in [2.75, 3.05) is 6.61 Å². The van der Waals surface area contributed by atoms with Crippen molar-refractivity contribution < 1.29 is 14.3 Å². The van der Waals surface area contributed by atoms with E-state index in [1.807, 2.05) is 20.8 Å². The average Bonchev–Trinajstić information content (AvgIpc) is 2.70. The molecular weight excluding hydrogens is 471 g/mol. The summed E-state index contributed by atoms with van der Waals surface area (Å²) in [5, 5.41) is 4.45. The van der Waals surface area contributed by atoms with Crippen LogP contribution in [0.5, 0.6) is 5.75 Å². The summed E-state index contributed by atoms with van der Waals surface area (Å²) in [6.45, 7) is 7.87. The van der Waals surface area contributed by atoms with Crippen molar-refractivity contribution in [2.24, 2.45) is 0 Å². The zero-order chi connectivity index (χ0) is 23.9. The first-order chi connectivity index (χ1) is 15.0. The minimum Gasteiger partial charge on any atom is -0.494 e. The Hall–Kier alpha value is -1.95. The standard InChI is InChI=1S/C24H29Cl3N2O3/c1-16(23(31)28-24(2,3)4)29(15-19-20(26)7-5-8-21(19)27)22(30)9-6-14-32-18-12-10-17(25)11-13-18/h5,7-8,10-13,16H,6,9,14-15H2,1-4H3,(H,28,31)/t16-/m0/s1. The van der Waals surface area contributed by atoms with E-state index in [9.17, 15) is 9.59 Å². The Kier molecular flexibility index (Phi) is 9.68. The summed E-state index contributed by atoms with van der Waals surface area (Å²) in [6, 6.07) is 11.5. The third-order valence-corrected chi connectivity index (χ3v) is 5.63. The Morgan fingerprint density at radius 2 is 1.62 bits per heavy atom. The van der Waals surface area contributed by atoms with E-state index in [1.54, 1.807) is 49.4 Å². The van der Waals surface area contributed by atoms with E-state index in [0.717, 1.165) is 0 Å². The van der Waals surface area contributed by atoms with Crippen LogP contribution >= 0.6 is 34.8 Å². The molecule has 0 saturated heterocycles. The number of nitrogens with one attached hydrogen (secondary N) is 1. The molecule has 2 aromatic rings.